The van der Waals surface area contributed by atoms with Crippen molar-refractivity contribution in [1.82, 2.24) is 0 Å². The van der Waals surface area contributed by atoms with Gasteiger partial charge in [0.2, 0.25) is 0 Å². The molecule has 1 aliphatic heterocycles. The zero-order valence-electron chi connectivity index (χ0n) is 28.8. The Hall–Kier alpha value is 0.331. The monoisotopic (exact) mass is 638 g/mol. The quantitative estimate of drug-likeness (QED) is 0.282. The Balaban J connectivity index is 2.69. The molecule has 1 fully saturated rings. The van der Waals surface area contributed by atoms with Crippen LogP contribution in [0, 0.1) is 0 Å². The van der Waals surface area contributed by atoms with E-state index in [0.29, 0.717) is 32.9 Å². The van der Waals surface area contributed by atoms with Crippen molar-refractivity contribution >= 4 is 25.2 Å². The van der Waals surface area contributed by atoms with Gasteiger partial charge in [0, 0.05) is 26.1 Å². The molecule has 8 nitrogen and oxygen atoms in total. The number of nitrogens with zero attached hydrogens (tertiary/aromatic N) is 2. The third-order valence-corrected chi connectivity index (χ3v) is 19.5. The van der Waals surface area contributed by atoms with E-state index in [1.807, 2.05) is 0 Å². The molecule has 0 amide bonds. The van der Waals surface area contributed by atoms with Gasteiger partial charge < -0.3 is 36.9 Å². The molecule has 0 saturated carbocycles. The summed E-state index contributed by atoms with van der Waals surface area (Å²) in [6.07, 6.45) is 8.19. The maximum atomic E-state index is 10.6. The second kappa shape index (κ2) is 18.3. The van der Waals surface area contributed by atoms with Gasteiger partial charge in [0.05, 0.1) is 54.5 Å². The lowest BCUT2D eigenvalue weighted by Crippen LogP contribution is -2.52. The van der Waals surface area contributed by atoms with Crippen LogP contribution in [-0.2, 0) is 17.7 Å². The van der Waals surface area contributed by atoms with Gasteiger partial charge >= 0.3 is 8.56 Å². The molecule has 1 saturated heterocycles. The average Bonchev–Trinajstić information content (AvgIpc) is 2.77. The van der Waals surface area contributed by atoms with E-state index in [9.17, 15) is 10.2 Å². The zero-order valence-corrected chi connectivity index (χ0v) is 31.8. The predicted octanol–water partition coefficient (Wildman–Crippen LogP) is 5.17. The molecule has 0 bridgehead atoms. The fraction of sp³-hybridized carbons (Fsp3) is 1.00. The minimum absolute atomic E-state index is 0.386. The summed E-state index contributed by atoms with van der Waals surface area (Å²) in [7, 11) is 2.92. The maximum absolute atomic E-state index is 10.6. The van der Waals surface area contributed by atoms with Crippen molar-refractivity contribution in [2.24, 2.45) is 0 Å². The molecule has 0 aliphatic carbocycles. The molecule has 0 radical (unpaired) electrons. The minimum atomic E-state index is -2.20. The largest absolute Gasteiger partial charge is 0.437 e. The molecule has 41 heavy (non-hydrogen) atoms. The smallest absolute Gasteiger partial charge is 0.311 e. The van der Waals surface area contributed by atoms with Crippen LogP contribution < -0.4 is 0 Å². The molecule has 0 aromatic heterocycles. The Kier molecular flexibility index (Phi) is 17.6. The van der Waals surface area contributed by atoms with Crippen LogP contribution in [-0.4, -0.2) is 137 Å². The first-order chi connectivity index (χ1) is 18.8. The molecular formula is C30H70N2O6Si3+2. The molecule has 246 valence electrons. The van der Waals surface area contributed by atoms with Crippen LogP contribution in [0.2, 0.25) is 51.4 Å². The van der Waals surface area contributed by atoms with Gasteiger partial charge in [-0.15, -0.1) is 0 Å². The van der Waals surface area contributed by atoms with Crippen LogP contribution in [0.5, 0.6) is 0 Å². The molecule has 0 spiro atoms. The number of aliphatic hydroxyl groups is 2. The third kappa shape index (κ3) is 20.8. The van der Waals surface area contributed by atoms with Crippen LogP contribution in [0.3, 0.4) is 0 Å². The topological polar surface area (TPSA) is 77.4 Å². The molecule has 0 aromatic rings. The summed E-state index contributed by atoms with van der Waals surface area (Å²) in [6.45, 7) is 19.4. The van der Waals surface area contributed by atoms with Gasteiger partial charge in [-0.2, -0.15) is 0 Å². The Morgan fingerprint density at radius 2 is 0.927 bits per heavy atom. The molecule has 1 aliphatic rings. The highest BCUT2D eigenvalue weighted by molar-refractivity contribution is 6.87. The third-order valence-electron chi connectivity index (χ3n) is 7.99. The number of hydrogen-bond acceptors (Lipinski definition) is 6. The van der Waals surface area contributed by atoms with Gasteiger partial charge in [-0.05, 0) is 64.2 Å². The van der Waals surface area contributed by atoms with Crippen molar-refractivity contribution in [3.8, 4) is 0 Å². The maximum Gasteiger partial charge on any atom is 0.311 e. The average molecular weight is 639 g/mol. The Labute approximate surface area is 257 Å². The van der Waals surface area contributed by atoms with Gasteiger partial charge in [-0.3, -0.25) is 0 Å². The molecule has 2 atom stereocenters. The zero-order chi connectivity index (χ0) is 31.2. The van der Waals surface area contributed by atoms with Gasteiger partial charge in [0.1, 0.15) is 25.3 Å². The van der Waals surface area contributed by atoms with Crippen molar-refractivity contribution in [2.75, 3.05) is 80.8 Å². The number of hydrogen-bond donors (Lipinski definition) is 2. The summed E-state index contributed by atoms with van der Waals surface area (Å²) >= 11 is 0. The number of ether oxygens (including phenoxy) is 2. The van der Waals surface area contributed by atoms with Crippen LogP contribution in [0.15, 0.2) is 0 Å². The second-order valence-electron chi connectivity index (χ2n) is 15.6. The van der Waals surface area contributed by atoms with Crippen LogP contribution in [0.25, 0.3) is 0 Å². The van der Waals surface area contributed by atoms with E-state index in [1.54, 1.807) is 0 Å². The number of aliphatic hydroxyl groups excluding tert-OH is 2. The van der Waals surface area contributed by atoms with Gasteiger partial charge in [0.15, 0.2) is 16.6 Å². The molecule has 1 rings (SSSR count). The highest BCUT2D eigenvalue weighted by atomic mass is 28.5. The summed E-state index contributed by atoms with van der Waals surface area (Å²) in [5.41, 5.74) is 0. The lowest BCUT2D eigenvalue weighted by Gasteiger charge is -2.38. The Bertz CT molecular complexity index is 710. The summed E-state index contributed by atoms with van der Waals surface area (Å²) in [5, 5.41) is 21.2. The molecule has 2 unspecified atom stereocenters. The highest BCUT2D eigenvalue weighted by Crippen LogP contribution is 2.27. The lowest BCUT2D eigenvalue weighted by atomic mass is 10.2. The Morgan fingerprint density at radius 1 is 0.537 bits per heavy atom. The van der Waals surface area contributed by atoms with E-state index in [2.05, 4.69) is 67.5 Å². The fourth-order valence-corrected chi connectivity index (χ4v) is 20.4. The van der Waals surface area contributed by atoms with E-state index in [4.69, 9.17) is 17.7 Å². The van der Waals surface area contributed by atoms with E-state index < -0.39 is 37.4 Å². The van der Waals surface area contributed by atoms with E-state index >= 15 is 0 Å². The highest BCUT2D eigenvalue weighted by Gasteiger charge is 2.39. The first-order valence-electron chi connectivity index (χ1n) is 16.4. The van der Waals surface area contributed by atoms with Crippen molar-refractivity contribution < 1.29 is 36.9 Å². The molecular weight excluding hydrogens is 569 g/mol. The summed E-state index contributed by atoms with van der Waals surface area (Å²) in [5.74, 6) is 0. The molecule has 1 heterocycles. The normalized spacial score (nSPS) is 30.7. The van der Waals surface area contributed by atoms with E-state index in [-0.39, 0.29) is 0 Å². The SMILES string of the molecule is C[N+]1(C)CCCC[N+](C)(C)CC(O)COCCC[Si](C)(C)O[Si](C)(C)O[Si](C)(C)CCCCCCCOCC(O)C1. The number of likely N-dealkylation sites (N-methyl/N-ethyl adjacent to an activating group) is 2. The fourth-order valence-electron chi connectivity index (χ4n) is 6.29. The first-order valence-corrected chi connectivity index (χ1v) is 25.4. The minimum Gasteiger partial charge on any atom is -0.437 e. The second-order valence-corrected chi connectivity index (χ2v) is 28.1. The molecule has 11 heteroatoms. The van der Waals surface area contributed by atoms with Crippen LogP contribution >= 0.6 is 0 Å². The van der Waals surface area contributed by atoms with Crippen LogP contribution in [0.4, 0.5) is 0 Å². The summed E-state index contributed by atoms with van der Waals surface area (Å²) < 4.78 is 26.8. The standard InChI is InChI=1S/C30H70N2O6Si3/c1-31(2)19-14-15-20-32(3,4)26-30(34)28-36-22-18-24-40(7,8)38-41(9,10)37-39(5,6)23-17-13-11-12-16-21-35-27-29(33)25-31/h29-30,33-34H,11-28H2,1-10H3/q+2. The van der Waals surface area contributed by atoms with E-state index in [1.165, 1.54) is 31.7 Å². The predicted molar refractivity (Wildman–Crippen MR) is 179 cm³/mol. The number of quaternary nitrogens is 2. The van der Waals surface area contributed by atoms with Crippen molar-refractivity contribution in [2.45, 2.75) is 115 Å². The molecule has 2 N–H and O–H groups in total. The summed E-state index contributed by atoms with van der Waals surface area (Å²) in [4.78, 5) is 0. The molecule has 0 aromatic carbocycles. The van der Waals surface area contributed by atoms with Crippen molar-refractivity contribution in [3.05, 3.63) is 0 Å². The lowest BCUT2D eigenvalue weighted by molar-refractivity contribution is -0.899. The van der Waals surface area contributed by atoms with Crippen molar-refractivity contribution in [1.29, 1.82) is 0 Å². The van der Waals surface area contributed by atoms with Gasteiger partial charge in [-0.25, -0.2) is 0 Å². The van der Waals surface area contributed by atoms with E-state index in [0.717, 1.165) is 60.4 Å². The first kappa shape index (κ1) is 39.4. The Morgan fingerprint density at radius 3 is 1.41 bits per heavy atom. The van der Waals surface area contributed by atoms with Crippen molar-refractivity contribution in [3.63, 3.8) is 0 Å². The van der Waals surface area contributed by atoms with Gasteiger partial charge in [-0.1, -0.05) is 25.7 Å². The van der Waals surface area contributed by atoms with Gasteiger partial charge in [0.25, 0.3) is 0 Å². The summed E-state index contributed by atoms with van der Waals surface area (Å²) in [6, 6.07) is 2.22. The number of rotatable bonds is 0. The van der Waals surface area contributed by atoms with Crippen LogP contribution in [0.1, 0.15) is 51.4 Å².